The van der Waals surface area contributed by atoms with Crippen LogP contribution in [0.1, 0.15) is 38.3 Å². The predicted molar refractivity (Wildman–Crippen MR) is 114 cm³/mol. The van der Waals surface area contributed by atoms with Crippen LogP contribution in [0.2, 0.25) is 0 Å². The van der Waals surface area contributed by atoms with Crippen LogP contribution in [0.5, 0.6) is 0 Å². The number of fused-ring (bicyclic) bond motifs is 1. The highest BCUT2D eigenvalue weighted by Crippen LogP contribution is 2.37. The number of aromatic nitrogens is 3. The van der Waals surface area contributed by atoms with E-state index in [1.165, 1.54) is 6.33 Å². The van der Waals surface area contributed by atoms with E-state index in [0.29, 0.717) is 11.5 Å². The second-order valence-corrected chi connectivity index (χ2v) is 7.36. The molecule has 8 nitrogen and oxygen atoms in total. The highest BCUT2D eigenvalue weighted by atomic mass is 16.6. The molecule has 0 bridgehead atoms. The number of pyridine rings is 1. The van der Waals surface area contributed by atoms with Gasteiger partial charge < -0.3 is 10.2 Å². The zero-order valence-electron chi connectivity index (χ0n) is 16.6. The third-order valence-corrected chi connectivity index (χ3v) is 5.47. The molecule has 1 unspecified atom stereocenters. The fraction of sp³-hybridized carbons (Fsp3) is 0.381. The molecule has 0 aliphatic carbocycles. The monoisotopic (exact) mass is 392 g/mol. The van der Waals surface area contributed by atoms with Crippen molar-refractivity contribution in [2.24, 2.45) is 0 Å². The number of aryl methyl sites for hydroxylation is 1. The maximum Gasteiger partial charge on any atom is 0.353 e. The summed E-state index contributed by atoms with van der Waals surface area (Å²) < 4.78 is 0. The van der Waals surface area contributed by atoms with E-state index in [9.17, 15) is 10.1 Å². The molecule has 0 radical (unpaired) electrons. The maximum atomic E-state index is 12.0. The van der Waals surface area contributed by atoms with Gasteiger partial charge >= 0.3 is 5.69 Å². The number of hydrogen-bond acceptors (Lipinski definition) is 7. The molecule has 29 heavy (non-hydrogen) atoms. The number of nitrogens with one attached hydrogen (secondary N) is 1. The average molecular weight is 392 g/mol. The van der Waals surface area contributed by atoms with Crippen molar-refractivity contribution < 1.29 is 4.92 Å². The lowest BCUT2D eigenvalue weighted by Gasteiger charge is -2.35. The molecule has 3 aromatic rings. The standard InChI is InChI=1S/C21H24N6O2/c1-3-16-8-4-5-12-26(16)21-19(27(28)29)20(22-13-23-21)25-17-9-6-7-15-11-10-14(2)24-18(15)17/h6-7,9-11,13,16H,3-5,8,12H2,1-2H3,(H,22,23,25). The molecule has 1 aliphatic rings. The van der Waals surface area contributed by atoms with Crippen LogP contribution in [0.15, 0.2) is 36.7 Å². The first-order chi connectivity index (χ1) is 14.1. The van der Waals surface area contributed by atoms with Crippen molar-refractivity contribution in [1.29, 1.82) is 0 Å². The lowest BCUT2D eigenvalue weighted by Crippen LogP contribution is -2.40. The van der Waals surface area contributed by atoms with E-state index in [-0.39, 0.29) is 22.5 Å². The minimum Gasteiger partial charge on any atom is -0.348 e. The van der Waals surface area contributed by atoms with E-state index in [1.807, 2.05) is 37.3 Å². The summed E-state index contributed by atoms with van der Waals surface area (Å²) in [5, 5.41) is 16.1. The highest BCUT2D eigenvalue weighted by Gasteiger charge is 2.32. The van der Waals surface area contributed by atoms with Crippen molar-refractivity contribution in [2.45, 2.75) is 45.6 Å². The van der Waals surface area contributed by atoms with Gasteiger partial charge in [0.2, 0.25) is 11.6 Å². The molecule has 3 heterocycles. The fourth-order valence-electron chi connectivity index (χ4n) is 4.02. The summed E-state index contributed by atoms with van der Waals surface area (Å²) in [4.78, 5) is 26.8. The summed E-state index contributed by atoms with van der Waals surface area (Å²) >= 11 is 0. The molecule has 1 saturated heterocycles. The van der Waals surface area contributed by atoms with Gasteiger partial charge in [0.1, 0.15) is 6.33 Å². The predicted octanol–water partition coefficient (Wildman–Crippen LogP) is 4.75. The van der Waals surface area contributed by atoms with Gasteiger partial charge in [0, 0.05) is 23.7 Å². The van der Waals surface area contributed by atoms with Gasteiger partial charge in [0.25, 0.3) is 0 Å². The first kappa shape index (κ1) is 19.0. The van der Waals surface area contributed by atoms with E-state index in [2.05, 4.69) is 32.1 Å². The van der Waals surface area contributed by atoms with Gasteiger partial charge in [-0.2, -0.15) is 0 Å². The van der Waals surface area contributed by atoms with E-state index in [0.717, 1.165) is 48.8 Å². The Morgan fingerprint density at radius 3 is 2.90 bits per heavy atom. The normalized spacial score (nSPS) is 16.8. The topological polar surface area (TPSA) is 97.1 Å². The van der Waals surface area contributed by atoms with E-state index in [4.69, 9.17) is 0 Å². The van der Waals surface area contributed by atoms with Crippen molar-refractivity contribution in [3.63, 3.8) is 0 Å². The Hall–Kier alpha value is -3.29. The van der Waals surface area contributed by atoms with Gasteiger partial charge in [-0.15, -0.1) is 0 Å². The second kappa shape index (κ2) is 7.98. The van der Waals surface area contributed by atoms with Crippen molar-refractivity contribution >= 4 is 33.9 Å². The summed E-state index contributed by atoms with van der Waals surface area (Å²) in [7, 11) is 0. The number of para-hydroxylation sites is 1. The number of benzene rings is 1. The van der Waals surface area contributed by atoms with Crippen molar-refractivity contribution in [2.75, 3.05) is 16.8 Å². The van der Waals surface area contributed by atoms with E-state index < -0.39 is 0 Å². The SMILES string of the molecule is CCC1CCCCN1c1ncnc(Nc2cccc3ccc(C)nc23)c1[N+](=O)[O-]. The molecule has 0 amide bonds. The first-order valence-electron chi connectivity index (χ1n) is 9.98. The Morgan fingerprint density at radius 1 is 1.24 bits per heavy atom. The molecule has 150 valence electrons. The van der Waals surface area contributed by atoms with Gasteiger partial charge in [0.05, 0.1) is 16.1 Å². The van der Waals surface area contributed by atoms with Gasteiger partial charge in [-0.05, 0) is 44.7 Å². The van der Waals surface area contributed by atoms with Crippen LogP contribution in [0.3, 0.4) is 0 Å². The second-order valence-electron chi connectivity index (χ2n) is 7.36. The molecule has 1 N–H and O–H groups in total. The van der Waals surface area contributed by atoms with E-state index >= 15 is 0 Å². The van der Waals surface area contributed by atoms with Crippen LogP contribution < -0.4 is 10.2 Å². The summed E-state index contributed by atoms with van der Waals surface area (Å²) in [5.41, 5.74) is 2.23. The van der Waals surface area contributed by atoms with Gasteiger partial charge in [-0.3, -0.25) is 15.1 Å². The number of nitrogens with zero attached hydrogens (tertiary/aromatic N) is 5. The summed E-state index contributed by atoms with van der Waals surface area (Å²) in [6.45, 7) is 4.80. The number of piperidine rings is 1. The Morgan fingerprint density at radius 2 is 2.10 bits per heavy atom. The summed E-state index contributed by atoms with van der Waals surface area (Å²) in [6, 6.07) is 9.91. The van der Waals surface area contributed by atoms with Crippen LogP contribution >= 0.6 is 0 Å². The zero-order valence-corrected chi connectivity index (χ0v) is 16.6. The van der Waals surface area contributed by atoms with E-state index in [1.54, 1.807) is 0 Å². The molecule has 0 spiro atoms. The Bertz CT molecular complexity index is 1050. The zero-order chi connectivity index (χ0) is 20.4. The lowest BCUT2D eigenvalue weighted by atomic mass is 10.00. The Kier molecular flexibility index (Phi) is 5.24. The molecule has 1 atom stereocenters. The molecule has 4 rings (SSSR count). The maximum absolute atomic E-state index is 12.0. The smallest absolute Gasteiger partial charge is 0.348 e. The summed E-state index contributed by atoms with van der Waals surface area (Å²) in [6.07, 6.45) is 5.49. The number of nitro groups is 1. The molecular weight excluding hydrogens is 368 g/mol. The van der Waals surface area contributed by atoms with Crippen LogP contribution in [-0.2, 0) is 0 Å². The highest BCUT2D eigenvalue weighted by molar-refractivity contribution is 5.93. The van der Waals surface area contributed by atoms with Crippen LogP contribution in [0, 0.1) is 17.0 Å². The lowest BCUT2D eigenvalue weighted by molar-refractivity contribution is -0.383. The molecule has 8 heteroatoms. The molecule has 1 aromatic carbocycles. The summed E-state index contributed by atoms with van der Waals surface area (Å²) in [5.74, 6) is 0.583. The number of hydrogen-bond donors (Lipinski definition) is 1. The first-order valence-corrected chi connectivity index (χ1v) is 9.98. The third kappa shape index (κ3) is 3.70. The third-order valence-electron chi connectivity index (χ3n) is 5.47. The Balaban J connectivity index is 1.79. The number of rotatable bonds is 5. The quantitative estimate of drug-likeness (QED) is 0.494. The van der Waals surface area contributed by atoms with Crippen molar-refractivity contribution in [3.8, 4) is 0 Å². The van der Waals surface area contributed by atoms with Crippen molar-refractivity contribution in [1.82, 2.24) is 15.0 Å². The molecular formula is C21H24N6O2. The molecule has 2 aromatic heterocycles. The van der Waals surface area contributed by atoms with Gasteiger partial charge in [0.15, 0.2) is 0 Å². The minimum absolute atomic E-state index is 0.0856. The number of anilines is 3. The van der Waals surface area contributed by atoms with Crippen LogP contribution in [-0.4, -0.2) is 32.5 Å². The fourth-order valence-corrected chi connectivity index (χ4v) is 4.02. The van der Waals surface area contributed by atoms with Gasteiger partial charge in [-0.25, -0.2) is 9.97 Å². The van der Waals surface area contributed by atoms with Crippen LogP contribution in [0.25, 0.3) is 10.9 Å². The Labute approximate surface area is 169 Å². The minimum atomic E-state index is -0.386. The van der Waals surface area contributed by atoms with Crippen molar-refractivity contribution in [3.05, 3.63) is 52.5 Å². The molecule has 1 aliphatic heterocycles. The van der Waals surface area contributed by atoms with Gasteiger partial charge in [-0.1, -0.05) is 25.1 Å². The molecule has 0 saturated carbocycles. The average Bonchev–Trinajstić information content (AvgIpc) is 2.73. The molecule has 1 fully saturated rings. The van der Waals surface area contributed by atoms with Crippen LogP contribution in [0.4, 0.5) is 23.0 Å². The largest absolute Gasteiger partial charge is 0.353 e.